The molecule has 0 saturated carbocycles. The molecule has 0 amide bonds. The van der Waals surface area contributed by atoms with Crippen LogP contribution in [0.15, 0.2) is 35.2 Å². The molecule has 0 atom stereocenters. The molecule has 1 saturated heterocycles. The molecule has 5 heteroatoms. The summed E-state index contributed by atoms with van der Waals surface area (Å²) in [6.45, 7) is 1.66. The topological polar surface area (TPSA) is 39.9 Å². The van der Waals surface area contributed by atoms with Crippen LogP contribution >= 0.6 is 15.9 Å². The first-order chi connectivity index (χ1) is 8.83. The quantitative estimate of drug-likeness (QED) is 0.801. The predicted molar refractivity (Wildman–Crippen MR) is 72.2 cm³/mol. The van der Waals surface area contributed by atoms with Crippen molar-refractivity contribution in [1.29, 1.82) is 0 Å². The van der Waals surface area contributed by atoms with Crippen LogP contribution in [-0.2, 0) is 4.74 Å². The van der Waals surface area contributed by atoms with Gasteiger partial charge < -0.3 is 4.74 Å². The Morgan fingerprint density at radius 2 is 2.11 bits per heavy atom. The molecule has 1 aliphatic heterocycles. The zero-order chi connectivity index (χ0) is 12.4. The van der Waals surface area contributed by atoms with Gasteiger partial charge in [0.2, 0.25) is 0 Å². The lowest BCUT2D eigenvalue weighted by atomic mass is 10.1. The maximum Gasteiger partial charge on any atom is 0.106 e. The van der Waals surface area contributed by atoms with Crippen LogP contribution in [0, 0.1) is 0 Å². The Hall–Kier alpha value is -1.20. The predicted octanol–water partition coefficient (Wildman–Crippen LogP) is 3.06. The van der Waals surface area contributed by atoms with Crippen molar-refractivity contribution >= 4 is 15.9 Å². The molecular weight excluding hydrogens is 294 g/mol. The third kappa shape index (κ3) is 2.47. The van der Waals surface area contributed by atoms with Crippen molar-refractivity contribution in [1.82, 2.24) is 14.8 Å². The van der Waals surface area contributed by atoms with E-state index in [1.807, 2.05) is 29.1 Å². The normalized spacial score (nSPS) is 16.9. The maximum atomic E-state index is 5.37. The fourth-order valence-corrected chi connectivity index (χ4v) is 2.53. The molecular formula is C13H14BrN3O. The molecule has 0 spiro atoms. The summed E-state index contributed by atoms with van der Waals surface area (Å²) in [5, 5.41) is 4.45. The summed E-state index contributed by atoms with van der Waals surface area (Å²) in [5.41, 5.74) is 2.01. The Morgan fingerprint density at radius 1 is 1.28 bits per heavy atom. The second-order valence-electron chi connectivity index (χ2n) is 4.40. The van der Waals surface area contributed by atoms with E-state index in [0.29, 0.717) is 6.04 Å². The highest BCUT2D eigenvalue weighted by atomic mass is 79.9. The smallest absolute Gasteiger partial charge is 0.106 e. The average Bonchev–Trinajstić information content (AvgIpc) is 2.89. The highest BCUT2D eigenvalue weighted by molar-refractivity contribution is 9.10. The molecule has 18 heavy (non-hydrogen) atoms. The molecule has 0 unspecified atom stereocenters. The Bertz CT molecular complexity index is 535. The zero-order valence-electron chi connectivity index (χ0n) is 9.92. The number of pyridine rings is 1. The van der Waals surface area contributed by atoms with Gasteiger partial charge in [-0.05, 0) is 40.9 Å². The zero-order valence-corrected chi connectivity index (χ0v) is 11.5. The third-order valence-corrected chi connectivity index (χ3v) is 3.62. The minimum absolute atomic E-state index is 0.458. The lowest BCUT2D eigenvalue weighted by molar-refractivity contribution is 0.0662. The van der Waals surface area contributed by atoms with Gasteiger partial charge >= 0.3 is 0 Å². The summed E-state index contributed by atoms with van der Waals surface area (Å²) in [4.78, 5) is 4.44. The molecule has 2 aromatic rings. The van der Waals surface area contributed by atoms with Crippen LogP contribution in [-0.4, -0.2) is 28.0 Å². The maximum absolute atomic E-state index is 5.37. The Labute approximate surface area is 114 Å². The molecule has 0 aliphatic carbocycles. The molecule has 3 rings (SSSR count). The summed E-state index contributed by atoms with van der Waals surface area (Å²) >= 11 is 3.39. The number of hydrogen-bond acceptors (Lipinski definition) is 3. The van der Waals surface area contributed by atoms with Gasteiger partial charge in [0, 0.05) is 25.0 Å². The highest BCUT2D eigenvalue weighted by Gasteiger charge is 2.16. The van der Waals surface area contributed by atoms with Crippen molar-refractivity contribution in [3.8, 4) is 11.3 Å². The van der Waals surface area contributed by atoms with Gasteiger partial charge in [0.1, 0.15) is 4.60 Å². The number of halogens is 1. The third-order valence-electron chi connectivity index (χ3n) is 3.18. The van der Waals surface area contributed by atoms with E-state index >= 15 is 0 Å². The van der Waals surface area contributed by atoms with Crippen LogP contribution in [0.2, 0.25) is 0 Å². The van der Waals surface area contributed by atoms with Gasteiger partial charge in [-0.2, -0.15) is 5.10 Å². The second-order valence-corrected chi connectivity index (χ2v) is 5.21. The van der Waals surface area contributed by atoms with Crippen LogP contribution in [0.25, 0.3) is 11.3 Å². The lowest BCUT2D eigenvalue weighted by Crippen LogP contribution is -2.19. The first kappa shape index (κ1) is 11.9. The minimum atomic E-state index is 0.458. The van der Waals surface area contributed by atoms with E-state index in [0.717, 1.165) is 41.9 Å². The molecule has 0 bridgehead atoms. The number of ether oxygens (including phenoxy) is 1. The molecule has 0 radical (unpaired) electrons. The molecule has 2 aromatic heterocycles. The van der Waals surface area contributed by atoms with Crippen LogP contribution in [0.4, 0.5) is 0 Å². The number of nitrogens with zero attached hydrogens (tertiary/aromatic N) is 3. The summed E-state index contributed by atoms with van der Waals surface area (Å²) in [6.07, 6.45) is 6.02. The van der Waals surface area contributed by atoms with Crippen molar-refractivity contribution < 1.29 is 4.74 Å². The van der Waals surface area contributed by atoms with Crippen molar-refractivity contribution in [3.63, 3.8) is 0 Å². The summed E-state index contributed by atoms with van der Waals surface area (Å²) in [7, 11) is 0. The molecule has 1 fully saturated rings. The van der Waals surface area contributed by atoms with Gasteiger partial charge in [0.05, 0.1) is 17.9 Å². The fraction of sp³-hybridized carbons (Fsp3) is 0.385. The van der Waals surface area contributed by atoms with Crippen molar-refractivity contribution in [2.45, 2.75) is 18.9 Å². The van der Waals surface area contributed by atoms with Gasteiger partial charge in [-0.1, -0.05) is 6.07 Å². The van der Waals surface area contributed by atoms with E-state index in [9.17, 15) is 0 Å². The SMILES string of the molecule is Brc1cccc(-c2cnn(C3CCOCC3)c2)n1. The Kier molecular flexibility index (Phi) is 3.43. The van der Waals surface area contributed by atoms with Crippen molar-refractivity contribution in [3.05, 3.63) is 35.2 Å². The fourth-order valence-electron chi connectivity index (χ4n) is 2.19. The molecule has 4 nitrogen and oxygen atoms in total. The molecule has 0 N–H and O–H groups in total. The van der Waals surface area contributed by atoms with E-state index in [2.05, 4.69) is 32.2 Å². The number of aromatic nitrogens is 3. The van der Waals surface area contributed by atoms with E-state index in [4.69, 9.17) is 4.74 Å². The number of rotatable bonds is 2. The van der Waals surface area contributed by atoms with Gasteiger partial charge in [0.25, 0.3) is 0 Å². The number of hydrogen-bond donors (Lipinski definition) is 0. The van der Waals surface area contributed by atoms with Crippen LogP contribution in [0.1, 0.15) is 18.9 Å². The van der Waals surface area contributed by atoms with Gasteiger partial charge in [-0.3, -0.25) is 4.68 Å². The van der Waals surface area contributed by atoms with Crippen LogP contribution in [0.3, 0.4) is 0 Å². The molecule has 94 valence electrons. The van der Waals surface area contributed by atoms with Crippen molar-refractivity contribution in [2.24, 2.45) is 0 Å². The average molecular weight is 308 g/mol. The van der Waals surface area contributed by atoms with E-state index in [1.165, 1.54) is 0 Å². The van der Waals surface area contributed by atoms with Gasteiger partial charge in [0.15, 0.2) is 0 Å². The highest BCUT2D eigenvalue weighted by Crippen LogP contribution is 2.24. The second kappa shape index (κ2) is 5.20. The Morgan fingerprint density at radius 3 is 2.89 bits per heavy atom. The monoisotopic (exact) mass is 307 g/mol. The van der Waals surface area contributed by atoms with Crippen molar-refractivity contribution in [2.75, 3.05) is 13.2 Å². The Balaban J connectivity index is 1.84. The first-order valence-electron chi connectivity index (χ1n) is 6.08. The summed E-state index contributed by atoms with van der Waals surface area (Å²) in [5.74, 6) is 0. The lowest BCUT2D eigenvalue weighted by Gasteiger charge is -2.22. The van der Waals surface area contributed by atoms with E-state index < -0.39 is 0 Å². The molecule has 1 aliphatic rings. The van der Waals surface area contributed by atoms with Gasteiger partial charge in [-0.15, -0.1) is 0 Å². The summed E-state index contributed by atoms with van der Waals surface area (Å²) < 4.78 is 8.26. The summed E-state index contributed by atoms with van der Waals surface area (Å²) in [6, 6.07) is 6.36. The van der Waals surface area contributed by atoms with E-state index in [-0.39, 0.29) is 0 Å². The van der Waals surface area contributed by atoms with Crippen LogP contribution < -0.4 is 0 Å². The van der Waals surface area contributed by atoms with Gasteiger partial charge in [-0.25, -0.2) is 4.98 Å². The van der Waals surface area contributed by atoms with E-state index in [1.54, 1.807) is 0 Å². The minimum Gasteiger partial charge on any atom is -0.381 e. The largest absolute Gasteiger partial charge is 0.381 e. The molecule has 3 heterocycles. The first-order valence-corrected chi connectivity index (χ1v) is 6.87. The van der Waals surface area contributed by atoms with Crippen LogP contribution in [0.5, 0.6) is 0 Å². The molecule has 0 aromatic carbocycles. The standard InChI is InChI=1S/C13H14BrN3O/c14-13-3-1-2-12(16-13)10-8-15-17(9-10)11-4-6-18-7-5-11/h1-3,8-9,11H,4-7H2.